The van der Waals surface area contributed by atoms with Gasteiger partial charge in [0.1, 0.15) is 17.9 Å². The summed E-state index contributed by atoms with van der Waals surface area (Å²) in [7, 11) is 0. The van der Waals surface area contributed by atoms with Crippen molar-refractivity contribution in [3.8, 4) is 17.0 Å². The van der Waals surface area contributed by atoms with Gasteiger partial charge in [0.15, 0.2) is 5.82 Å². The van der Waals surface area contributed by atoms with Crippen LogP contribution in [-0.2, 0) is 4.79 Å². The summed E-state index contributed by atoms with van der Waals surface area (Å²) in [5.41, 5.74) is 9.70. The summed E-state index contributed by atoms with van der Waals surface area (Å²) in [6.45, 7) is 2.85. The topological polar surface area (TPSA) is 98.8 Å². The third-order valence-corrected chi connectivity index (χ3v) is 8.49. The standard InChI is InChI=1S/C28H30ClFN6O2/c29-22-3-1-2-21(27(22)38)24-13-26(28(31)33-32-24)35-14-19-4-5-20(15-35)36(19)18-6-7-23(30)25(12-18)34-10-8-17(16-37)9-11-34/h1-3,6-7,12-13,16-17,19-20,38H,4-5,8-11,14-15H2,(H2,31,33). The number of carbonyl (C=O) groups excluding carboxylic acids is 1. The lowest BCUT2D eigenvalue weighted by Gasteiger charge is -2.44. The number of rotatable bonds is 5. The van der Waals surface area contributed by atoms with Gasteiger partial charge < -0.3 is 30.3 Å². The predicted octanol–water partition coefficient (Wildman–Crippen LogP) is 4.50. The van der Waals surface area contributed by atoms with Gasteiger partial charge in [-0.15, -0.1) is 10.2 Å². The highest BCUT2D eigenvalue weighted by Gasteiger charge is 2.41. The van der Waals surface area contributed by atoms with Gasteiger partial charge >= 0.3 is 0 Å². The van der Waals surface area contributed by atoms with E-state index in [9.17, 15) is 14.3 Å². The van der Waals surface area contributed by atoms with Gasteiger partial charge in [0.2, 0.25) is 0 Å². The average molecular weight is 537 g/mol. The lowest BCUT2D eigenvalue weighted by Crippen LogP contribution is -2.54. The Morgan fingerprint density at radius 1 is 0.974 bits per heavy atom. The third-order valence-electron chi connectivity index (χ3n) is 8.19. The summed E-state index contributed by atoms with van der Waals surface area (Å²) in [6.07, 6.45) is 4.59. The van der Waals surface area contributed by atoms with E-state index in [-0.39, 0.29) is 34.6 Å². The van der Waals surface area contributed by atoms with Crippen LogP contribution in [0.5, 0.6) is 5.75 Å². The molecule has 3 fully saturated rings. The molecule has 198 valence electrons. The van der Waals surface area contributed by atoms with E-state index < -0.39 is 0 Å². The molecule has 3 N–H and O–H groups in total. The molecule has 2 aromatic carbocycles. The van der Waals surface area contributed by atoms with E-state index in [2.05, 4.69) is 24.9 Å². The summed E-state index contributed by atoms with van der Waals surface area (Å²) >= 11 is 6.11. The van der Waals surface area contributed by atoms with Crippen molar-refractivity contribution in [2.75, 3.05) is 46.6 Å². The summed E-state index contributed by atoms with van der Waals surface area (Å²) in [5.74, 6) is 0.147. The number of hydrogen-bond donors (Lipinski definition) is 2. The van der Waals surface area contributed by atoms with E-state index in [0.29, 0.717) is 35.9 Å². The number of phenols is 1. The van der Waals surface area contributed by atoms with Gasteiger partial charge in [-0.1, -0.05) is 17.7 Å². The quantitative estimate of drug-likeness (QED) is 0.460. The second kappa shape index (κ2) is 9.94. The van der Waals surface area contributed by atoms with Gasteiger partial charge in [-0.3, -0.25) is 0 Å². The predicted molar refractivity (Wildman–Crippen MR) is 147 cm³/mol. The number of fused-ring (bicyclic) bond motifs is 2. The highest BCUT2D eigenvalue weighted by Crippen LogP contribution is 2.41. The van der Waals surface area contributed by atoms with Crippen molar-refractivity contribution >= 4 is 40.8 Å². The molecule has 4 heterocycles. The molecule has 0 radical (unpaired) electrons. The number of carbonyl (C=O) groups is 1. The van der Waals surface area contributed by atoms with Crippen molar-refractivity contribution < 1.29 is 14.3 Å². The van der Waals surface area contributed by atoms with Crippen molar-refractivity contribution in [1.82, 2.24) is 10.2 Å². The van der Waals surface area contributed by atoms with Crippen LogP contribution >= 0.6 is 11.6 Å². The minimum absolute atomic E-state index is 0.0356. The van der Waals surface area contributed by atoms with Gasteiger partial charge in [-0.05, 0) is 62.1 Å². The molecule has 2 bridgehead atoms. The maximum Gasteiger partial charge on any atom is 0.169 e. The highest BCUT2D eigenvalue weighted by molar-refractivity contribution is 6.32. The van der Waals surface area contributed by atoms with Crippen LogP contribution in [0.3, 0.4) is 0 Å². The fraction of sp³-hybridized carbons (Fsp3) is 0.393. The number of anilines is 4. The number of halogens is 2. The van der Waals surface area contributed by atoms with Crippen LogP contribution in [0, 0.1) is 11.7 Å². The molecule has 10 heteroatoms. The second-order valence-electron chi connectivity index (χ2n) is 10.4. The van der Waals surface area contributed by atoms with E-state index in [4.69, 9.17) is 17.3 Å². The Kier molecular flexibility index (Phi) is 6.47. The number of para-hydroxylation sites is 1. The Labute approximate surface area is 225 Å². The SMILES string of the molecule is Nc1nnc(-c2cccc(Cl)c2O)cc1N1CC2CCC(C1)N2c1ccc(F)c(N2CCC(C=O)CC2)c1. The fourth-order valence-corrected chi connectivity index (χ4v) is 6.37. The van der Waals surface area contributed by atoms with E-state index >= 15 is 0 Å². The molecule has 6 rings (SSSR count). The smallest absolute Gasteiger partial charge is 0.169 e. The summed E-state index contributed by atoms with van der Waals surface area (Å²) in [5, 5.41) is 19.1. The maximum atomic E-state index is 14.9. The first kappa shape index (κ1) is 24.7. The molecule has 8 nitrogen and oxygen atoms in total. The maximum absolute atomic E-state index is 14.9. The largest absolute Gasteiger partial charge is 0.506 e. The number of nitrogens with two attached hydrogens (primary N) is 1. The normalized spacial score (nSPS) is 21.7. The zero-order valence-electron chi connectivity index (χ0n) is 20.9. The molecule has 2 unspecified atom stereocenters. The van der Waals surface area contributed by atoms with Crippen LogP contribution in [0.1, 0.15) is 25.7 Å². The number of aldehydes is 1. The zero-order valence-corrected chi connectivity index (χ0v) is 21.7. The molecule has 3 aromatic rings. The Hall–Kier alpha value is -3.59. The summed E-state index contributed by atoms with van der Waals surface area (Å²) < 4.78 is 14.9. The highest BCUT2D eigenvalue weighted by atomic mass is 35.5. The number of benzene rings is 2. The molecule has 2 atom stereocenters. The number of hydrogen-bond acceptors (Lipinski definition) is 8. The molecule has 0 amide bonds. The third kappa shape index (κ3) is 4.38. The summed E-state index contributed by atoms with van der Waals surface area (Å²) in [6, 6.07) is 12.9. The minimum atomic E-state index is -0.225. The molecule has 0 spiro atoms. The summed E-state index contributed by atoms with van der Waals surface area (Å²) in [4.78, 5) is 17.9. The lowest BCUT2D eigenvalue weighted by molar-refractivity contribution is -0.111. The molecule has 0 saturated carbocycles. The van der Waals surface area contributed by atoms with E-state index in [1.807, 2.05) is 18.2 Å². The second-order valence-corrected chi connectivity index (χ2v) is 10.8. The average Bonchev–Trinajstić information content (AvgIpc) is 3.20. The van der Waals surface area contributed by atoms with Gasteiger partial charge in [-0.2, -0.15) is 0 Å². The number of nitrogen functional groups attached to an aromatic ring is 1. The zero-order chi connectivity index (χ0) is 26.4. The number of piperazine rings is 1. The van der Waals surface area contributed by atoms with E-state index in [1.54, 1.807) is 24.3 Å². The Morgan fingerprint density at radius 2 is 1.71 bits per heavy atom. The molecule has 3 aliphatic heterocycles. The van der Waals surface area contributed by atoms with Gasteiger partial charge in [0, 0.05) is 55.4 Å². The van der Waals surface area contributed by atoms with Crippen molar-refractivity contribution in [1.29, 1.82) is 0 Å². The molecule has 38 heavy (non-hydrogen) atoms. The number of phenolic OH excluding ortho intramolecular Hbond substituents is 1. The van der Waals surface area contributed by atoms with Crippen LogP contribution in [0.2, 0.25) is 5.02 Å². The molecule has 3 aliphatic rings. The van der Waals surface area contributed by atoms with Crippen molar-refractivity contribution in [2.24, 2.45) is 5.92 Å². The van der Waals surface area contributed by atoms with Gasteiger partial charge in [0.25, 0.3) is 0 Å². The molecule has 0 aliphatic carbocycles. The first-order valence-corrected chi connectivity index (χ1v) is 13.4. The fourth-order valence-electron chi connectivity index (χ4n) is 6.20. The van der Waals surface area contributed by atoms with Crippen molar-refractivity contribution in [3.05, 3.63) is 53.3 Å². The number of piperidine rings is 1. The van der Waals surface area contributed by atoms with Gasteiger partial charge in [0.05, 0.1) is 22.1 Å². The first-order valence-electron chi connectivity index (χ1n) is 13.1. The van der Waals surface area contributed by atoms with Crippen LogP contribution in [0.25, 0.3) is 11.3 Å². The molecule has 1 aromatic heterocycles. The Bertz CT molecular complexity index is 1350. The monoisotopic (exact) mass is 536 g/mol. The van der Waals surface area contributed by atoms with Crippen LogP contribution in [-0.4, -0.2) is 59.9 Å². The minimum Gasteiger partial charge on any atom is -0.506 e. The molecular formula is C28H30ClFN6O2. The number of aromatic nitrogens is 2. The molecule has 3 saturated heterocycles. The van der Waals surface area contributed by atoms with Crippen molar-refractivity contribution in [2.45, 2.75) is 37.8 Å². The van der Waals surface area contributed by atoms with Crippen LogP contribution in [0.4, 0.5) is 27.3 Å². The van der Waals surface area contributed by atoms with Crippen molar-refractivity contribution in [3.63, 3.8) is 0 Å². The Balaban J connectivity index is 1.24. The first-order chi connectivity index (χ1) is 18.4. The Morgan fingerprint density at radius 3 is 2.42 bits per heavy atom. The van der Waals surface area contributed by atoms with Crippen LogP contribution in [0.15, 0.2) is 42.5 Å². The van der Waals surface area contributed by atoms with Crippen LogP contribution < -0.4 is 20.4 Å². The number of nitrogens with zero attached hydrogens (tertiary/aromatic N) is 5. The lowest BCUT2D eigenvalue weighted by atomic mass is 9.98. The van der Waals surface area contributed by atoms with E-state index in [0.717, 1.165) is 56.4 Å². The molecular weight excluding hydrogens is 507 g/mol. The van der Waals surface area contributed by atoms with Gasteiger partial charge in [-0.25, -0.2) is 4.39 Å². The number of aromatic hydroxyl groups is 1. The van der Waals surface area contributed by atoms with E-state index in [1.165, 1.54) is 0 Å².